The van der Waals surface area contributed by atoms with Crippen molar-refractivity contribution >= 4 is 37.4 Å². The van der Waals surface area contributed by atoms with E-state index in [0.717, 1.165) is 47.3 Å². The molecular formula is C32H60AlClN8O3S. The summed E-state index contributed by atoms with van der Waals surface area (Å²) in [5.74, 6) is 5.97. The average molecular weight is 699 g/mol. The highest BCUT2D eigenvalue weighted by Gasteiger charge is 2.54. The maximum absolute atomic E-state index is 8.95. The van der Waals surface area contributed by atoms with Gasteiger partial charge in [0.25, 0.3) is 0 Å². The molecule has 5 aliphatic heterocycles. The molecule has 8 unspecified atom stereocenters. The third kappa shape index (κ3) is 7.12. The van der Waals surface area contributed by atoms with E-state index in [1.54, 1.807) is 0 Å². The lowest BCUT2D eigenvalue weighted by Gasteiger charge is -2.35. The maximum atomic E-state index is 8.95. The number of rotatable bonds is 0. The smallest absolute Gasteiger partial charge is 0.286 e. The zero-order chi connectivity index (χ0) is 30.7. The van der Waals surface area contributed by atoms with Gasteiger partial charge >= 0.3 is 9.33 Å². The van der Waals surface area contributed by atoms with Crippen LogP contribution in [0.25, 0.3) is 0 Å². The molecule has 262 valence electrons. The number of hydrogen-bond donors (Lipinski definition) is 9. The molecule has 0 amide bonds. The highest BCUT2D eigenvalue weighted by Crippen LogP contribution is 2.45. The Bertz CT molecular complexity index is 944. The topological polar surface area (TPSA) is 151 Å². The van der Waals surface area contributed by atoms with Gasteiger partial charge < -0.3 is 0 Å². The van der Waals surface area contributed by atoms with Gasteiger partial charge in [-0.05, 0) is 98.7 Å². The molecule has 9 fully saturated rings. The van der Waals surface area contributed by atoms with Crippen molar-refractivity contribution in [3.05, 3.63) is 0 Å². The molecule has 5 heterocycles. The van der Waals surface area contributed by atoms with Gasteiger partial charge in [-0.25, -0.2) is 0 Å². The first-order chi connectivity index (χ1) is 21.8. The highest BCUT2D eigenvalue weighted by atomic mass is 35.7. The number of fused-ring (bicyclic) bond motifs is 20. The summed E-state index contributed by atoms with van der Waals surface area (Å²) in [6, 6.07) is 0. The summed E-state index contributed by atoms with van der Waals surface area (Å²) in [5.41, 5.74) is 0. The van der Waals surface area contributed by atoms with Crippen LogP contribution in [-0.4, -0.2) is 79.7 Å². The summed E-state index contributed by atoms with van der Waals surface area (Å²) in [6.07, 6.45) is 25.6. The summed E-state index contributed by atoms with van der Waals surface area (Å²) < 4.78 is 25.2. The van der Waals surface area contributed by atoms with E-state index in [-0.39, 0.29) is 17.4 Å². The largest absolute Gasteiger partial charge is 0.353 e. The van der Waals surface area contributed by atoms with Gasteiger partial charge in [0.1, 0.15) is 0 Å². The third-order valence-electron chi connectivity index (χ3n) is 13.8. The SMILES string of the molecule is C1CCC2C3NC(NC4NC(NC5NC(NC6NC(N3)C3CCCCC63)C3CCCCC53)C3CCCCC43)C2C1.O=S(=O)(O)Cl.[AlH3]. The molecule has 9 aliphatic rings. The minimum atomic E-state index is -4.19. The Balaban J connectivity index is 0.000000526. The second-order valence-corrected chi connectivity index (χ2v) is 18.0. The molecule has 0 aromatic carbocycles. The minimum absolute atomic E-state index is 0. The zero-order valence-corrected chi connectivity index (χ0v) is 28.2. The summed E-state index contributed by atoms with van der Waals surface area (Å²) in [5, 5.41) is 33.8. The van der Waals surface area contributed by atoms with Crippen molar-refractivity contribution in [2.75, 3.05) is 0 Å². The Hall–Kier alpha value is 0.412. The predicted molar refractivity (Wildman–Crippen MR) is 185 cm³/mol. The molecule has 8 bridgehead atoms. The van der Waals surface area contributed by atoms with Gasteiger partial charge in [0, 0.05) is 10.7 Å². The van der Waals surface area contributed by atoms with Crippen LogP contribution >= 0.6 is 10.7 Å². The van der Waals surface area contributed by atoms with Crippen molar-refractivity contribution in [2.24, 2.45) is 47.3 Å². The van der Waals surface area contributed by atoms with Crippen LogP contribution < -0.4 is 42.5 Å². The van der Waals surface area contributed by atoms with E-state index in [0.29, 0.717) is 49.3 Å². The van der Waals surface area contributed by atoms with E-state index in [9.17, 15) is 0 Å². The number of halogens is 1. The molecule has 0 aromatic rings. The fourth-order valence-electron chi connectivity index (χ4n) is 12.0. The van der Waals surface area contributed by atoms with Gasteiger partial charge in [-0.1, -0.05) is 51.4 Å². The van der Waals surface area contributed by atoms with Gasteiger partial charge in [-0.3, -0.25) is 47.1 Å². The Morgan fingerprint density at radius 3 is 0.587 bits per heavy atom. The van der Waals surface area contributed by atoms with E-state index in [1.807, 2.05) is 0 Å². The summed E-state index contributed by atoms with van der Waals surface area (Å²) in [7, 11) is -0.137. The summed E-state index contributed by atoms with van der Waals surface area (Å²) in [4.78, 5) is 0. The first-order valence-electron chi connectivity index (χ1n) is 18.6. The van der Waals surface area contributed by atoms with Crippen molar-refractivity contribution in [2.45, 2.75) is 152 Å². The van der Waals surface area contributed by atoms with Crippen LogP contribution in [0, 0.1) is 47.3 Å². The monoisotopic (exact) mass is 698 g/mol. The molecule has 0 radical (unpaired) electrons. The van der Waals surface area contributed by atoms with Gasteiger partial charge in [-0.15, -0.1) is 0 Å². The average Bonchev–Trinajstić information content (AvgIpc) is 3.76. The van der Waals surface area contributed by atoms with Crippen LogP contribution in [0.15, 0.2) is 0 Å². The zero-order valence-electron chi connectivity index (χ0n) is 26.6. The van der Waals surface area contributed by atoms with Crippen molar-refractivity contribution in [3.63, 3.8) is 0 Å². The van der Waals surface area contributed by atoms with Crippen molar-refractivity contribution in [1.29, 1.82) is 0 Å². The molecule has 8 atom stereocenters. The second-order valence-electron chi connectivity index (χ2n) is 16.0. The van der Waals surface area contributed by atoms with Crippen LogP contribution in [0.2, 0.25) is 0 Å². The molecule has 14 heteroatoms. The fourth-order valence-corrected chi connectivity index (χ4v) is 12.0. The Morgan fingerprint density at radius 2 is 0.478 bits per heavy atom. The van der Waals surface area contributed by atoms with Crippen LogP contribution in [0.1, 0.15) is 103 Å². The van der Waals surface area contributed by atoms with Crippen LogP contribution in [0.3, 0.4) is 0 Å². The predicted octanol–water partition coefficient (Wildman–Crippen LogP) is 1.45. The molecule has 4 aliphatic carbocycles. The molecule has 0 aromatic heterocycles. The quantitative estimate of drug-likeness (QED) is 0.103. The molecule has 46 heavy (non-hydrogen) atoms. The molecule has 4 saturated carbocycles. The highest BCUT2D eigenvalue weighted by molar-refractivity contribution is 8.09. The first kappa shape index (κ1) is 34.8. The van der Waals surface area contributed by atoms with Gasteiger partial charge in [-0.2, -0.15) is 8.42 Å². The molecule has 11 nitrogen and oxygen atoms in total. The van der Waals surface area contributed by atoms with E-state index < -0.39 is 9.33 Å². The van der Waals surface area contributed by atoms with E-state index in [2.05, 4.69) is 53.2 Å². The van der Waals surface area contributed by atoms with E-state index >= 15 is 0 Å². The third-order valence-corrected chi connectivity index (χ3v) is 13.8. The lowest BCUT2D eigenvalue weighted by Crippen LogP contribution is -2.61. The van der Waals surface area contributed by atoms with E-state index in [1.165, 1.54) is 103 Å². The second kappa shape index (κ2) is 14.6. The Labute approximate surface area is 291 Å². The van der Waals surface area contributed by atoms with Crippen LogP contribution in [0.5, 0.6) is 0 Å². The number of nitrogens with one attached hydrogen (secondary N) is 8. The Kier molecular flexibility index (Phi) is 11.0. The fraction of sp³-hybridized carbons (Fsp3) is 1.00. The minimum Gasteiger partial charge on any atom is -0.286 e. The van der Waals surface area contributed by atoms with Crippen LogP contribution in [0.4, 0.5) is 0 Å². The summed E-state index contributed by atoms with van der Waals surface area (Å²) in [6.45, 7) is 0. The molecule has 9 N–H and O–H groups in total. The lowest BCUT2D eigenvalue weighted by molar-refractivity contribution is 0.167. The van der Waals surface area contributed by atoms with Crippen molar-refractivity contribution in [1.82, 2.24) is 42.5 Å². The van der Waals surface area contributed by atoms with Crippen LogP contribution in [-0.2, 0) is 9.33 Å². The Morgan fingerprint density at radius 1 is 0.370 bits per heavy atom. The summed E-state index contributed by atoms with van der Waals surface area (Å²) >= 11 is 0. The first-order valence-corrected chi connectivity index (χ1v) is 20.8. The van der Waals surface area contributed by atoms with Crippen molar-refractivity contribution < 1.29 is 13.0 Å². The standard InChI is InChI=1S/C32H56N8.Al.ClHO3S.3H/c1-2-10-18-17(9-1)25-33-26(18)38-28-21-13-5-6-14-22(21)30(35-28)40-32-24-16-8-7-15-23(24)31(36-32)39-29-20-12-4-3-11-19(20)27(34-29)37-25;;1-5(2,3)4;;;/h17-40H,1-16H2;;(H,2,3,4);;;. The maximum Gasteiger partial charge on any atom is 0.353 e. The van der Waals surface area contributed by atoms with Crippen molar-refractivity contribution in [3.8, 4) is 0 Å². The van der Waals surface area contributed by atoms with Gasteiger partial charge in [0.05, 0.1) is 49.3 Å². The lowest BCUT2D eigenvalue weighted by atomic mass is 9.76. The molecule has 0 spiro atoms. The van der Waals surface area contributed by atoms with Gasteiger partial charge in [0.2, 0.25) is 0 Å². The molecule has 5 saturated heterocycles. The normalized spacial score (nSPS) is 51.3. The molecule has 9 rings (SSSR count). The number of hydrogen-bond acceptors (Lipinski definition) is 10. The van der Waals surface area contributed by atoms with E-state index in [4.69, 9.17) is 13.0 Å². The van der Waals surface area contributed by atoms with Gasteiger partial charge in [0.15, 0.2) is 17.4 Å². The molecular weight excluding hydrogens is 639 g/mol.